The van der Waals surface area contributed by atoms with Crippen molar-refractivity contribution in [2.75, 3.05) is 9.80 Å². The molecule has 0 unspecified atom stereocenters. The first kappa shape index (κ1) is 45.3. The smallest absolute Gasteiger partial charge is 0.279 e. The summed E-state index contributed by atoms with van der Waals surface area (Å²) in [5.41, 5.74) is 20.1. The molecule has 356 valence electrons. The lowest BCUT2D eigenvalue weighted by atomic mass is 9.35. The summed E-state index contributed by atoms with van der Waals surface area (Å²) < 4.78 is 7.37. The Balaban J connectivity index is 1.10. The Morgan fingerprint density at radius 1 is 0.471 bits per heavy atom. The zero-order chi connectivity index (χ0) is 48.9. The number of anilines is 6. The van der Waals surface area contributed by atoms with Gasteiger partial charge in [0.15, 0.2) is 0 Å². The molecule has 0 saturated heterocycles. The fourth-order valence-electron chi connectivity index (χ4n) is 13.7. The number of nitrogens with zero attached hydrogens (tertiary/aromatic N) is 3. The molecule has 0 radical (unpaired) electrons. The summed E-state index contributed by atoms with van der Waals surface area (Å²) >= 11 is 0. The molecule has 4 saturated carbocycles. The molecule has 2 aliphatic heterocycles. The minimum atomic E-state index is -0.143. The summed E-state index contributed by atoms with van der Waals surface area (Å²) in [6.07, 6.45) is 8.12. The van der Waals surface area contributed by atoms with Gasteiger partial charge < -0.3 is 9.32 Å². The highest BCUT2D eigenvalue weighted by Crippen LogP contribution is 2.62. The molecule has 0 spiro atoms. The van der Waals surface area contributed by atoms with E-state index in [1.807, 2.05) is 0 Å². The Kier molecular flexibility index (Phi) is 10.1. The third kappa shape index (κ3) is 7.50. The number of oxazole rings is 1. The van der Waals surface area contributed by atoms with Gasteiger partial charge in [-0.05, 0) is 188 Å². The molecule has 0 N–H and O–H groups in total. The van der Waals surface area contributed by atoms with Crippen LogP contribution in [0, 0.1) is 17.8 Å². The van der Waals surface area contributed by atoms with E-state index in [4.69, 9.17) is 9.40 Å². The third-order valence-corrected chi connectivity index (χ3v) is 17.3. The molecule has 0 amide bonds. The molecule has 7 aromatic rings. The Labute approximate surface area is 419 Å². The van der Waals surface area contributed by atoms with E-state index >= 15 is 0 Å². The van der Waals surface area contributed by atoms with Crippen LogP contribution in [0.1, 0.15) is 149 Å². The van der Waals surface area contributed by atoms with Crippen LogP contribution in [0.3, 0.4) is 0 Å². The van der Waals surface area contributed by atoms with Crippen molar-refractivity contribution >= 4 is 57.6 Å². The van der Waals surface area contributed by atoms with E-state index in [1.54, 1.807) is 0 Å². The molecule has 4 nitrogen and oxygen atoms in total. The van der Waals surface area contributed by atoms with Crippen LogP contribution >= 0.6 is 0 Å². The van der Waals surface area contributed by atoms with Crippen molar-refractivity contribution < 1.29 is 4.42 Å². The van der Waals surface area contributed by atoms with Crippen molar-refractivity contribution in [3.8, 4) is 22.6 Å². The predicted molar refractivity (Wildman–Crippen MR) is 296 cm³/mol. The first-order valence-corrected chi connectivity index (χ1v) is 26.5. The van der Waals surface area contributed by atoms with E-state index in [0.717, 1.165) is 40.5 Å². The summed E-state index contributed by atoms with van der Waals surface area (Å²) in [7, 11) is 0. The standard InChI is InChI=1S/C65H72BN3O/c1-61(2,3)46-19-17-44(18-20-46)43-13-15-45(16-14-43)59-67-58-60(70-59)69(52-28-23-48(24-29-52)63(7,8)9)56-36-50(65-37-40-31-41(38-65)33-42(32-40)39-65)35-55-57(56)66(58)53-34-49(64(10,11)12)25-30-54(53)68(55)51-26-21-47(22-27-51)62(4,5)6/h13-30,34-36,40-42H,31-33,37-39H2,1-12H3. The lowest BCUT2D eigenvalue weighted by Crippen LogP contribution is -2.62. The van der Waals surface area contributed by atoms with Crippen molar-refractivity contribution in [1.82, 2.24) is 4.98 Å². The lowest BCUT2D eigenvalue weighted by Gasteiger charge is -2.57. The van der Waals surface area contributed by atoms with E-state index < -0.39 is 0 Å². The Bertz CT molecular complexity index is 3110. The zero-order valence-corrected chi connectivity index (χ0v) is 43.9. The van der Waals surface area contributed by atoms with Crippen molar-refractivity contribution in [3.63, 3.8) is 0 Å². The molecule has 0 atom stereocenters. The molecule has 6 aliphatic rings. The van der Waals surface area contributed by atoms with Gasteiger partial charge >= 0.3 is 0 Å². The van der Waals surface area contributed by atoms with Gasteiger partial charge in [0.2, 0.25) is 11.8 Å². The van der Waals surface area contributed by atoms with Gasteiger partial charge in [-0.25, -0.2) is 4.98 Å². The molecule has 6 aromatic carbocycles. The van der Waals surface area contributed by atoms with Crippen molar-refractivity contribution in [2.24, 2.45) is 17.8 Å². The second-order valence-electron chi connectivity index (χ2n) is 26.5. The van der Waals surface area contributed by atoms with Crippen LogP contribution in [0.5, 0.6) is 0 Å². The minimum Gasteiger partial charge on any atom is -0.420 e. The maximum Gasteiger partial charge on any atom is 0.279 e. The first-order chi connectivity index (χ1) is 33.1. The van der Waals surface area contributed by atoms with Gasteiger partial charge in [-0.2, -0.15) is 0 Å². The Hall–Kier alpha value is -5.81. The molecular weight excluding hydrogens is 850 g/mol. The fourth-order valence-corrected chi connectivity index (χ4v) is 13.7. The summed E-state index contributed by atoms with van der Waals surface area (Å²) in [5, 5.41) is 0. The highest BCUT2D eigenvalue weighted by Gasteiger charge is 2.54. The Morgan fingerprint density at radius 2 is 0.886 bits per heavy atom. The summed E-state index contributed by atoms with van der Waals surface area (Å²) in [6, 6.07) is 49.3. The van der Waals surface area contributed by atoms with Crippen LogP contribution in [-0.4, -0.2) is 11.7 Å². The van der Waals surface area contributed by atoms with Gasteiger partial charge in [0.1, 0.15) is 0 Å². The molecule has 13 rings (SSSR count). The van der Waals surface area contributed by atoms with E-state index in [1.165, 1.54) is 111 Å². The van der Waals surface area contributed by atoms with Crippen molar-refractivity contribution in [3.05, 3.63) is 155 Å². The average Bonchev–Trinajstić information content (AvgIpc) is 3.75. The molecule has 1 aromatic heterocycles. The zero-order valence-electron chi connectivity index (χ0n) is 43.9. The second-order valence-corrected chi connectivity index (χ2v) is 26.5. The SMILES string of the molecule is CC(C)(C)c1ccc(-c2ccc(-c3nc4c(o3)N(c3ccc(C(C)(C)C)cc3)c3cc(C56CC7CC(CC(C7)C5)C6)cc5c3B4c3cc(C(C)(C)C)ccc3N5c3ccc(C(C)(C)C)cc3)cc2)cc1. The van der Waals surface area contributed by atoms with Gasteiger partial charge in [-0.3, -0.25) is 4.90 Å². The van der Waals surface area contributed by atoms with Crippen LogP contribution in [0.2, 0.25) is 0 Å². The van der Waals surface area contributed by atoms with E-state index in [9.17, 15) is 0 Å². The van der Waals surface area contributed by atoms with Crippen molar-refractivity contribution in [1.29, 1.82) is 0 Å². The summed E-state index contributed by atoms with van der Waals surface area (Å²) in [5.74, 6) is 3.94. The number of rotatable bonds is 5. The van der Waals surface area contributed by atoms with E-state index in [2.05, 4.69) is 220 Å². The maximum atomic E-state index is 7.37. The monoisotopic (exact) mass is 922 g/mol. The lowest BCUT2D eigenvalue weighted by molar-refractivity contribution is -0.00514. The maximum absolute atomic E-state index is 7.37. The van der Waals surface area contributed by atoms with Crippen LogP contribution < -0.4 is 26.3 Å². The van der Waals surface area contributed by atoms with Gasteiger partial charge in [0.05, 0.1) is 5.59 Å². The van der Waals surface area contributed by atoms with E-state index in [0.29, 0.717) is 5.89 Å². The average molecular weight is 922 g/mol. The van der Waals surface area contributed by atoms with Crippen LogP contribution in [0.4, 0.5) is 34.3 Å². The third-order valence-electron chi connectivity index (χ3n) is 17.3. The molecular formula is C65H72BN3O. The summed E-state index contributed by atoms with van der Waals surface area (Å²) in [4.78, 5) is 10.8. The molecule has 70 heavy (non-hydrogen) atoms. The van der Waals surface area contributed by atoms with Gasteiger partial charge in [-0.1, -0.05) is 156 Å². The molecule has 4 fully saturated rings. The highest BCUT2D eigenvalue weighted by atomic mass is 16.4. The first-order valence-electron chi connectivity index (χ1n) is 26.5. The molecule has 5 heteroatoms. The number of hydrogen-bond acceptors (Lipinski definition) is 4. The number of fused-ring (bicyclic) bond motifs is 4. The fraction of sp³-hybridized carbons (Fsp3) is 0.400. The largest absolute Gasteiger partial charge is 0.420 e. The molecule has 4 bridgehead atoms. The van der Waals surface area contributed by atoms with Gasteiger partial charge in [0.25, 0.3) is 6.71 Å². The molecule has 3 heterocycles. The summed E-state index contributed by atoms with van der Waals surface area (Å²) in [6.45, 7) is 27.5. The van der Waals surface area contributed by atoms with Gasteiger partial charge in [-0.15, -0.1) is 0 Å². The number of hydrogen-bond donors (Lipinski definition) is 0. The van der Waals surface area contributed by atoms with Gasteiger partial charge in [0, 0.05) is 34.0 Å². The normalized spacial score (nSPS) is 21.5. The molecule has 4 aliphatic carbocycles. The van der Waals surface area contributed by atoms with Crippen LogP contribution in [0.25, 0.3) is 22.6 Å². The van der Waals surface area contributed by atoms with Crippen LogP contribution in [0.15, 0.2) is 132 Å². The topological polar surface area (TPSA) is 32.5 Å². The number of benzene rings is 6. The van der Waals surface area contributed by atoms with Crippen molar-refractivity contribution in [2.45, 2.75) is 149 Å². The minimum absolute atomic E-state index is 0.0198. The highest BCUT2D eigenvalue weighted by molar-refractivity contribution is 6.99. The quantitative estimate of drug-likeness (QED) is 0.161. The predicted octanol–water partition coefficient (Wildman–Crippen LogP) is 15.7. The van der Waals surface area contributed by atoms with Crippen LogP contribution in [-0.2, 0) is 27.1 Å². The Morgan fingerprint density at radius 3 is 1.37 bits per heavy atom. The number of aromatic nitrogens is 1. The van der Waals surface area contributed by atoms with E-state index in [-0.39, 0.29) is 33.8 Å². The second kappa shape index (κ2) is 15.6.